The highest BCUT2D eigenvalue weighted by Gasteiger charge is 2.46. The van der Waals surface area contributed by atoms with Gasteiger partial charge in [-0.1, -0.05) is 0 Å². The summed E-state index contributed by atoms with van der Waals surface area (Å²) >= 11 is 0. The number of aromatic nitrogens is 7. The number of rotatable bonds is 6. The average Bonchev–Trinajstić information content (AvgIpc) is 3.51. The number of aryl methyl sites for hydroxylation is 2. The van der Waals surface area contributed by atoms with Gasteiger partial charge >= 0.3 is 6.18 Å². The lowest BCUT2D eigenvalue weighted by molar-refractivity contribution is -0.140. The third-order valence-electron chi connectivity index (χ3n) is 8.34. The smallest absolute Gasteiger partial charge is 0.434 e. The first-order valence-electron chi connectivity index (χ1n) is 13.6. The predicted molar refractivity (Wildman–Crippen MR) is 141 cm³/mol. The van der Waals surface area contributed by atoms with Crippen molar-refractivity contribution < 1.29 is 17.9 Å². The van der Waals surface area contributed by atoms with Crippen LogP contribution in [0.25, 0.3) is 22.6 Å². The van der Waals surface area contributed by atoms with Crippen molar-refractivity contribution in [1.29, 1.82) is 0 Å². The van der Waals surface area contributed by atoms with Gasteiger partial charge in [0.15, 0.2) is 5.69 Å². The molecule has 0 aromatic carbocycles. The minimum Gasteiger partial charge on any atom is -0.480 e. The second-order valence-corrected chi connectivity index (χ2v) is 10.8. The number of ether oxygens (including phenoxy) is 1. The van der Waals surface area contributed by atoms with E-state index < -0.39 is 11.9 Å². The molecule has 1 saturated heterocycles. The van der Waals surface area contributed by atoms with Gasteiger partial charge in [-0.05, 0) is 44.7 Å². The molecule has 0 radical (unpaired) electrons. The van der Waals surface area contributed by atoms with Crippen molar-refractivity contribution in [2.24, 2.45) is 7.05 Å². The summed E-state index contributed by atoms with van der Waals surface area (Å²) in [5.74, 6) is 1.96. The molecule has 12 heteroatoms. The van der Waals surface area contributed by atoms with Crippen molar-refractivity contribution in [3.05, 3.63) is 53.5 Å². The zero-order valence-corrected chi connectivity index (χ0v) is 22.5. The number of hydrogen-bond donors (Lipinski definition) is 0. The molecule has 4 aromatic rings. The van der Waals surface area contributed by atoms with Gasteiger partial charge in [0.05, 0.1) is 24.4 Å². The molecule has 0 spiro atoms. The van der Waals surface area contributed by atoms with Crippen molar-refractivity contribution in [2.75, 3.05) is 12.0 Å². The number of imidazole rings is 1. The van der Waals surface area contributed by atoms with Crippen LogP contribution < -0.4 is 9.64 Å². The summed E-state index contributed by atoms with van der Waals surface area (Å²) in [6.07, 6.45) is 4.67. The van der Waals surface area contributed by atoms with Gasteiger partial charge < -0.3 is 14.2 Å². The maximum atomic E-state index is 13.2. The Kier molecular flexibility index (Phi) is 5.65. The summed E-state index contributed by atoms with van der Waals surface area (Å²) in [6, 6.07) is 4.01. The number of alkyl halides is 3. The number of pyridine rings is 1. The van der Waals surface area contributed by atoms with E-state index in [-0.39, 0.29) is 17.9 Å². The topological polar surface area (TPSA) is 86.8 Å². The van der Waals surface area contributed by atoms with Crippen molar-refractivity contribution in [2.45, 2.75) is 69.8 Å². The Morgan fingerprint density at radius 2 is 1.90 bits per heavy atom. The van der Waals surface area contributed by atoms with Crippen molar-refractivity contribution in [1.82, 2.24) is 34.3 Å². The van der Waals surface area contributed by atoms with E-state index in [0.29, 0.717) is 17.4 Å². The van der Waals surface area contributed by atoms with Crippen LogP contribution in [0.5, 0.6) is 5.88 Å². The van der Waals surface area contributed by atoms with Gasteiger partial charge in [-0.15, -0.1) is 0 Å². The fourth-order valence-electron chi connectivity index (χ4n) is 6.43. The van der Waals surface area contributed by atoms with E-state index in [4.69, 9.17) is 14.8 Å². The van der Waals surface area contributed by atoms with Gasteiger partial charge in [-0.2, -0.15) is 18.3 Å². The largest absolute Gasteiger partial charge is 0.480 e. The quantitative estimate of drug-likeness (QED) is 0.321. The van der Waals surface area contributed by atoms with Crippen LogP contribution in [0.4, 0.5) is 19.0 Å². The lowest BCUT2D eigenvalue weighted by atomic mass is 9.93. The van der Waals surface area contributed by atoms with E-state index in [0.717, 1.165) is 67.6 Å². The molecule has 7 rings (SSSR count). The number of nitrogens with zero attached hydrogens (tertiary/aromatic N) is 8. The SMILES string of the molecule is CCn1nc(-c2c(OC)ncnc2C2CC2)c2c1CC1CCC2N1c1ccc(-c2nc(C(F)(F)F)cn2C)cn1. The predicted octanol–water partition coefficient (Wildman–Crippen LogP) is 5.33. The second kappa shape index (κ2) is 9.03. The van der Waals surface area contributed by atoms with Gasteiger partial charge in [0.25, 0.3) is 0 Å². The summed E-state index contributed by atoms with van der Waals surface area (Å²) in [5, 5.41) is 5.10. The van der Waals surface area contributed by atoms with Gasteiger partial charge in [0.2, 0.25) is 5.88 Å². The molecule has 1 aliphatic carbocycles. The number of anilines is 1. The Morgan fingerprint density at radius 3 is 2.55 bits per heavy atom. The van der Waals surface area contributed by atoms with Gasteiger partial charge in [0.1, 0.15) is 23.7 Å². The van der Waals surface area contributed by atoms with E-state index in [9.17, 15) is 13.2 Å². The number of methoxy groups -OCH3 is 1. The van der Waals surface area contributed by atoms with E-state index in [1.165, 1.54) is 15.8 Å². The van der Waals surface area contributed by atoms with Gasteiger partial charge in [-0.25, -0.2) is 19.9 Å². The Labute approximate surface area is 229 Å². The molecule has 0 N–H and O–H groups in total. The average molecular weight is 551 g/mol. The molecule has 2 unspecified atom stereocenters. The molecule has 2 fully saturated rings. The highest BCUT2D eigenvalue weighted by Crippen LogP contribution is 2.52. The van der Waals surface area contributed by atoms with Gasteiger partial charge in [0, 0.05) is 61.2 Å². The summed E-state index contributed by atoms with van der Waals surface area (Å²) < 4.78 is 48.8. The standard InChI is InChI=1S/C28H29F3N8O/c1-4-38-19-11-17-8-9-18(22(19)25(36-38)23-24(15-5-6-15)33-14-34-27(23)40-3)39(17)21-10-7-16(12-32-21)26-35-20(13-37(26)2)28(29,30)31/h7,10,12-15,17-18H,4-6,8-9,11H2,1-3H3. The first-order chi connectivity index (χ1) is 19.3. The molecule has 3 aliphatic rings. The fraction of sp³-hybridized carbons (Fsp3) is 0.464. The molecule has 208 valence electrons. The highest BCUT2D eigenvalue weighted by molar-refractivity contribution is 5.75. The molecule has 9 nitrogen and oxygen atoms in total. The Hall–Kier alpha value is -3.96. The molecule has 0 amide bonds. The number of hydrogen-bond acceptors (Lipinski definition) is 7. The van der Waals surface area contributed by atoms with E-state index in [1.807, 2.05) is 6.07 Å². The maximum absolute atomic E-state index is 13.2. The van der Waals surface area contributed by atoms with E-state index in [2.05, 4.69) is 31.5 Å². The minimum atomic E-state index is -4.50. The highest BCUT2D eigenvalue weighted by atomic mass is 19.4. The molecule has 2 bridgehead atoms. The summed E-state index contributed by atoms with van der Waals surface area (Å²) in [7, 11) is 3.19. The lowest BCUT2D eigenvalue weighted by Gasteiger charge is -2.36. The molecule has 1 saturated carbocycles. The third kappa shape index (κ3) is 3.87. The number of fused-ring (bicyclic) bond motifs is 4. The first-order valence-corrected chi connectivity index (χ1v) is 13.6. The molecule has 6 heterocycles. The Bertz CT molecular complexity index is 1590. The molecular formula is C28H29F3N8O. The van der Waals surface area contributed by atoms with Crippen LogP contribution >= 0.6 is 0 Å². The summed E-state index contributed by atoms with van der Waals surface area (Å²) in [6.45, 7) is 2.86. The zero-order valence-electron chi connectivity index (χ0n) is 22.5. The maximum Gasteiger partial charge on any atom is 0.434 e. The van der Waals surface area contributed by atoms with Crippen LogP contribution in [0.1, 0.15) is 67.2 Å². The summed E-state index contributed by atoms with van der Waals surface area (Å²) in [4.78, 5) is 20.0. The zero-order chi connectivity index (χ0) is 27.8. The molecule has 2 atom stereocenters. The van der Waals surface area contributed by atoms with Crippen molar-refractivity contribution in [3.63, 3.8) is 0 Å². The Morgan fingerprint density at radius 1 is 1.07 bits per heavy atom. The van der Waals surface area contributed by atoms with Gasteiger partial charge in [-0.3, -0.25) is 4.68 Å². The van der Waals surface area contributed by atoms with Crippen molar-refractivity contribution >= 4 is 5.82 Å². The van der Waals surface area contributed by atoms with Crippen LogP contribution in [0.2, 0.25) is 0 Å². The van der Waals surface area contributed by atoms with E-state index >= 15 is 0 Å². The lowest BCUT2D eigenvalue weighted by Crippen LogP contribution is -2.38. The van der Waals surface area contributed by atoms with Crippen molar-refractivity contribution in [3.8, 4) is 28.5 Å². The number of halogens is 3. The monoisotopic (exact) mass is 550 g/mol. The minimum absolute atomic E-state index is 0.0596. The molecule has 40 heavy (non-hydrogen) atoms. The third-order valence-corrected chi connectivity index (χ3v) is 8.34. The molecule has 4 aromatic heterocycles. The van der Waals surface area contributed by atoms with Crippen LogP contribution in [0, 0.1) is 0 Å². The van der Waals surface area contributed by atoms with Crippen LogP contribution in [0.15, 0.2) is 30.9 Å². The first kappa shape index (κ1) is 25.0. The molecular weight excluding hydrogens is 521 g/mol. The second-order valence-electron chi connectivity index (χ2n) is 10.8. The van der Waals surface area contributed by atoms with E-state index in [1.54, 1.807) is 32.7 Å². The van der Waals surface area contributed by atoms with Crippen LogP contribution in [-0.2, 0) is 26.2 Å². The Balaban J connectivity index is 1.29. The van der Waals surface area contributed by atoms with Crippen LogP contribution in [0.3, 0.4) is 0 Å². The molecule has 2 aliphatic heterocycles. The van der Waals surface area contributed by atoms with Crippen LogP contribution in [-0.4, -0.2) is 47.4 Å². The fourth-order valence-corrected chi connectivity index (χ4v) is 6.43. The summed E-state index contributed by atoms with van der Waals surface area (Å²) in [5.41, 5.74) is 4.80. The normalized spacial score (nSPS) is 20.2.